The highest BCUT2D eigenvalue weighted by Gasteiger charge is 2.36. The Kier molecular flexibility index (Phi) is 5.95. The van der Waals surface area contributed by atoms with E-state index >= 15 is 0 Å². The summed E-state index contributed by atoms with van der Waals surface area (Å²) in [5, 5.41) is 2.41. The maximum atomic E-state index is 12.3. The molecule has 0 fully saturated rings. The number of carbonyl (C=O) groups is 1. The second-order valence-electron chi connectivity index (χ2n) is 6.62. The fourth-order valence-corrected chi connectivity index (χ4v) is 3.51. The van der Waals surface area contributed by atoms with Crippen LogP contribution in [0.25, 0.3) is 10.8 Å². The van der Waals surface area contributed by atoms with Crippen LogP contribution in [0.15, 0.2) is 42.5 Å². The van der Waals surface area contributed by atoms with Crippen molar-refractivity contribution in [1.29, 1.82) is 0 Å². The molecular formula is C21H29NO. The van der Waals surface area contributed by atoms with Crippen LogP contribution in [0.3, 0.4) is 0 Å². The number of rotatable bonds is 8. The molecule has 0 saturated heterocycles. The largest absolute Gasteiger partial charge is 0.304 e. The van der Waals surface area contributed by atoms with E-state index in [1.165, 1.54) is 22.6 Å². The predicted octanol–water partition coefficient (Wildman–Crippen LogP) is 4.66. The van der Waals surface area contributed by atoms with E-state index in [2.05, 4.69) is 75.1 Å². The van der Waals surface area contributed by atoms with Gasteiger partial charge in [0.25, 0.3) is 0 Å². The van der Waals surface area contributed by atoms with Gasteiger partial charge < -0.3 is 9.69 Å². The van der Waals surface area contributed by atoms with Crippen LogP contribution >= 0.6 is 0 Å². The Morgan fingerprint density at radius 3 is 2.30 bits per heavy atom. The van der Waals surface area contributed by atoms with E-state index < -0.39 is 5.41 Å². The highest BCUT2D eigenvalue weighted by molar-refractivity contribution is 5.90. The van der Waals surface area contributed by atoms with E-state index in [-0.39, 0.29) is 5.92 Å². The van der Waals surface area contributed by atoms with E-state index in [4.69, 9.17) is 0 Å². The molecule has 2 nitrogen and oxygen atoms in total. The van der Waals surface area contributed by atoms with Crippen LogP contribution in [0.2, 0.25) is 0 Å². The third kappa shape index (κ3) is 3.48. The molecule has 23 heavy (non-hydrogen) atoms. The van der Waals surface area contributed by atoms with Crippen molar-refractivity contribution >= 4 is 17.1 Å². The van der Waals surface area contributed by atoms with E-state index in [9.17, 15) is 4.79 Å². The van der Waals surface area contributed by atoms with Crippen LogP contribution in [0.5, 0.6) is 0 Å². The Labute approximate surface area is 140 Å². The minimum Gasteiger partial charge on any atom is -0.304 e. The number of fused-ring (bicyclic) bond motifs is 1. The zero-order valence-corrected chi connectivity index (χ0v) is 14.9. The van der Waals surface area contributed by atoms with Crippen molar-refractivity contribution < 1.29 is 4.79 Å². The molecule has 0 aliphatic carbocycles. The maximum absolute atomic E-state index is 12.3. The summed E-state index contributed by atoms with van der Waals surface area (Å²) in [5.41, 5.74) is 0.747. The zero-order chi connectivity index (χ0) is 16.9. The first-order chi connectivity index (χ1) is 11.1. The number of aldehydes is 1. The first-order valence-electron chi connectivity index (χ1n) is 8.76. The maximum Gasteiger partial charge on any atom is 0.130 e. The highest BCUT2D eigenvalue weighted by Crippen LogP contribution is 2.38. The van der Waals surface area contributed by atoms with Crippen molar-refractivity contribution in [3.05, 3.63) is 48.0 Å². The minimum absolute atomic E-state index is 0.265. The summed E-state index contributed by atoms with van der Waals surface area (Å²) in [6.45, 7) is 11.7. The summed E-state index contributed by atoms with van der Waals surface area (Å²) in [6.07, 6.45) is 2.06. The quantitative estimate of drug-likeness (QED) is 0.661. The van der Waals surface area contributed by atoms with E-state index in [0.717, 1.165) is 26.1 Å². The molecule has 0 saturated carbocycles. The SMILES string of the molecule is CCN(CC)CCC(C=O)(c1cccc2ccccc12)C(C)C. The Bertz CT molecular complexity index is 640. The molecule has 0 N–H and O–H groups in total. The summed E-state index contributed by atoms with van der Waals surface area (Å²) in [4.78, 5) is 14.7. The Hall–Kier alpha value is -1.67. The number of hydrogen-bond donors (Lipinski definition) is 0. The summed E-state index contributed by atoms with van der Waals surface area (Å²) in [6, 6.07) is 14.7. The summed E-state index contributed by atoms with van der Waals surface area (Å²) in [7, 11) is 0. The monoisotopic (exact) mass is 311 g/mol. The number of carbonyl (C=O) groups excluding carboxylic acids is 1. The van der Waals surface area contributed by atoms with Gasteiger partial charge in [-0.15, -0.1) is 0 Å². The lowest BCUT2D eigenvalue weighted by molar-refractivity contribution is -0.114. The van der Waals surface area contributed by atoms with Gasteiger partial charge in [-0.05, 0) is 48.3 Å². The van der Waals surface area contributed by atoms with Crippen LogP contribution in [0.1, 0.15) is 39.7 Å². The molecule has 0 aromatic heterocycles. The predicted molar refractivity (Wildman–Crippen MR) is 98.9 cm³/mol. The van der Waals surface area contributed by atoms with Crippen molar-refractivity contribution in [2.45, 2.75) is 39.5 Å². The molecular weight excluding hydrogens is 282 g/mol. The van der Waals surface area contributed by atoms with Crippen LogP contribution in [-0.4, -0.2) is 30.8 Å². The Morgan fingerprint density at radius 2 is 1.70 bits per heavy atom. The second-order valence-corrected chi connectivity index (χ2v) is 6.62. The van der Waals surface area contributed by atoms with E-state index in [0.29, 0.717) is 0 Å². The molecule has 2 aromatic rings. The molecule has 0 aliphatic heterocycles. The summed E-state index contributed by atoms with van der Waals surface area (Å²) >= 11 is 0. The van der Waals surface area contributed by atoms with Gasteiger partial charge in [-0.1, -0.05) is 70.2 Å². The average Bonchev–Trinajstić information content (AvgIpc) is 2.59. The molecule has 2 aromatic carbocycles. The van der Waals surface area contributed by atoms with Crippen LogP contribution in [0.4, 0.5) is 0 Å². The molecule has 2 rings (SSSR count). The van der Waals surface area contributed by atoms with Crippen molar-refractivity contribution in [2.24, 2.45) is 5.92 Å². The van der Waals surface area contributed by atoms with Gasteiger partial charge in [0.2, 0.25) is 0 Å². The Morgan fingerprint density at radius 1 is 1.04 bits per heavy atom. The van der Waals surface area contributed by atoms with Gasteiger partial charge in [-0.2, -0.15) is 0 Å². The molecule has 0 amide bonds. The van der Waals surface area contributed by atoms with Gasteiger partial charge >= 0.3 is 0 Å². The van der Waals surface area contributed by atoms with E-state index in [1.54, 1.807) is 0 Å². The first kappa shape index (κ1) is 17.7. The number of hydrogen-bond acceptors (Lipinski definition) is 2. The molecule has 0 bridgehead atoms. The van der Waals surface area contributed by atoms with Crippen LogP contribution in [-0.2, 0) is 10.2 Å². The van der Waals surface area contributed by atoms with Crippen LogP contribution < -0.4 is 0 Å². The van der Waals surface area contributed by atoms with Gasteiger partial charge in [0.1, 0.15) is 6.29 Å². The van der Waals surface area contributed by atoms with Crippen LogP contribution in [0, 0.1) is 5.92 Å². The summed E-state index contributed by atoms with van der Waals surface area (Å²) < 4.78 is 0. The van der Waals surface area contributed by atoms with Crippen molar-refractivity contribution in [1.82, 2.24) is 4.90 Å². The molecule has 2 heteroatoms. The zero-order valence-electron chi connectivity index (χ0n) is 14.9. The van der Waals surface area contributed by atoms with Gasteiger partial charge in [-0.25, -0.2) is 0 Å². The van der Waals surface area contributed by atoms with E-state index in [1.807, 2.05) is 0 Å². The third-order valence-corrected chi connectivity index (χ3v) is 5.27. The fourth-order valence-electron chi connectivity index (χ4n) is 3.51. The molecule has 1 unspecified atom stereocenters. The first-order valence-corrected chi connectivity index (χ1v) is 8.76. The molecule has 1 atom stereocenters. The molecule has 0 aliphatic rings. The second kappa shape index (κ2) is 7.74. The lowest BCUT2D eigenvalue weighted by atomic mass is 9.69. The lowest BCUT2D eigenvalue weighted by Gasteiger charge is -2.35. The van der Waals surface area contributed by atoms with Gasteiger partial charge in [-0.3, -0.25) is 0 Å². The molecule has 0 radical (unpaired) electrons. The van der Waals surface area contributed by atoms with Crippen molar-refractivity contribution in [2.75, 3.05) is 19.6 Å². The van der Waals surface area contributed by atoms with Gasteiger partial charge in [0.05, 0.1) is 5.41 Å². The fraction of sp³-hybridized carbons (Fsp3) is 0.476. The van der Waals surface area contributed by atoms with Gasteiger partial charge in [0.15, 0.2) is 0 Å². The number of nitrogens with zero attached hydrogens (tertiary/aromatic N) is 1. The molecule has 0 spiro atoms. The normalized spacial score (nSPS) is 14.3. The average molecular weight is 311 g/mol. The molecule has 124 valence electrons. The molecule has 0 heterocycles. The smallest absolute Gasteiger partial charge is 0.130 e. The minimum atomic E-state index is -0.427. The third-order valence-electron chi connectivity index (χ3n) is 5.27. The number of benzene rings is 2. The topological polar surface area (TPSA) is 20.3 Å². The highest BCUT2D eigenvalue weighted by atomic mass is 16.1. The summed E-state index contributed by atoms with van der Waals surface area (Å²) in [5.74, 6) is 0.265. The van der Waals surface area contributed by atoms with Crippen molar-refractivity contribution in [3.63, 3.8) is 0 Å². The van der Waals surface area contributed by atoms with Gasteiger partial charge in [0, 0.05) is 0 Å². The Balaban J connectivity index is 2.50. The lowest BCUT2D eigenvalue weighted by Crippen LogP contribution is -2.39. The van der Waals surface area contributed by atoms with Crippen molar-refractivity contribution in [3.8, 4) is 0 Å². The standard InChI is InChI=1S/C21H29NO/c1-5-22(6-2)15-14-21(16-23,17(3)4)20-13-9-11-18-10-7-8-12-19(18)20/h7-13,16-17H,5-6,14-15H2,1-4H3.